The number of rotatable bonds is 36. The van der Waals surface area contributed by atoms with Crippen molar-refractivity contribution in [3.05, 3.63) is 36.6 Å². The van der Waals surface area contributed by atoms with Gasteiger partial charge in [-0.3, -0.25) is 9.59 Å². The fourth-order valence-electron chi connectivity index (χ4n) is 5.39. The fraction of sp³-hybridized carbons (Fsp3) is 0.810. The molecule has 0 aliphatic heterocycles. The Labute approximate surface area is 362 Å². The number of carbonyl (C=O) groups is 4. The van der Waals surface area contributed by atoms with Crippen LogP contribution in [0.2, 0.25) is 0 Å². The summed E-state index contributed by atoms with van der Waals surface area (Å²) in [4.78, 5) is 43.0. The van der Waals surface area contributed by atoms with E-state index in [4.69, 9.17) is 38.5 Å². The molecule has 0 aromatic carbocycles. The third-order valence-electron chi connectivity index (χ3n) is 8.43. The number of hydrogen-bond acceptors (Lipinski definition) is 8. The van der Waals surface area contributed by atoms with E-state index in [1.807, 2.05) is 0 Å². The van der Waals surface area contributed by atoms with E-state index in [0.717, 1.165) is 51.4 Å². The van der Waals surface area contributed by atoms with E-state index in [1.54, 1.807) is 0 Å². The van der Waals surface area contributed by atoms with Gasteiger partial charge in [0, 0.05) is 12.8 Å². The van der Waals surface area contributed by atoms with Crippen LogP contribution in [0.5, 0.6) is 0 Å². The van der Waals surface area contributed by atoms with Crippen molar-refractivity contribution in [2.24, 2.45) is 0 Å². The van der Waals surface area contributed by atoms with Gasteiger partial charge < -0.3 is 41.5 Å². The number of unbranched alkanes of at least 4 members (excludes halogenated alkanes) is 22. The van der Waals surface area contributed by atoms with Crippen LogP contribution >= 0.6 is 18.8 Å². The largest absolute Gasteiger partial charge is 0.693 e. The molecule has 0 saturated heterocycles. The molecule has 15 heteroatoms. The maximum absolute atomic E-state index is 11.4. The van der Waals surface area contributed by atoms with Crippen molar-refractivity contribution in [1.82, 2.24) is 0 Å². The van der Waals surface area contributed by atoms with E-state index in [1.165, 1.54) is 116 Å². The van der Waals surface area contributed by atoms with Gasteiger partial charge in [-0.15, -0.1) is 0 Å². The Hall–Kier alpha value is -1.85. The summed E-state index contributed by atoms with van der Waals surface area (Å²) in [6, 6.07) is 0. The van der Waals surface area contributed by atoms with Crippen molar-refractivity contribution in [3.63, 3.8) is 0 Å². The summed E-state index contributed by atoms with van der Waals surface area (Å²) in [7, 11) is 9.75. The van der Waals surface area contributed by atoms with Crippen LogP contribution in [-0.4, -0.2) is 60.9 Å². The molecule has 0 aliphatic rings. The molecule has 0 atom stereocenters. The molecule has 0 spiro atoms. The van der Waals surface area contributed by atoms with E-state index in [-0.39, 0.29) is 50.7 Å². The van der Waals surface area contributed by atoms with Gasteiger partial charge in [0.25, 0.3) is 0 Å². The molecule has 0 rings (SSSR count). The smallest absolute Gasteiger partial charge is 0.693 e. The Bertz CT molecular complexity index is 848. The predicted molar refractivity (Wildman–Crippen MR) is 231 cm³/mol. The minimum Gasteiger partial charge on any atom is -0.693 e. The van der Waals surface area contributed by atoms with Crippen LogP contribution in [0.15, 0.2) is 24.3 Å². The minimum absolute atomic E-state index is 0. The van der Waals surface area contributed by atoms with Gasteiger partial charge in [0.15, 0.2) is 0 Å². The molecule has 0 bridgehead atoms. The molecule has 0 fully saturated rings. The van der Waals surface area contributed by atoms with E-state index < -0.39 is 28.8 Å². The monoisotopic (exact) mass is 1040 g/mol. The number of carboxylic acid groups (broad SMARTS) is 2. The van der Waals surface area contributed by atoms with Crippen LogP contribution in [0, 0.1) is 0 Å². The normalized spacial score (nSPS) is 10.4. The van der Waals surface area contributed by atoms with Gasteiger partial charge >= 0.3 is 59.6 Å². The Morgan fingerprint density at radius 2 is 0.649 bits per heavy atom. The second-order valence-corrected chi connectivity index (χ2v) is 16.7. The summed E-state index contributed by atoms with van der Waals surface area (Å²) in [6.07, 6.45) is 39.2. The number of carbonyl (C=O) groups excluding carboxylic acids is 2. The quantitative estimate of drug-likeness (QED) is 0.0262. The van der Waals surface area contributed by atoms with Crippen LogP contribution in [0.3, 0.4) is 0 Å². The van der Waals surface area contributed by atoms with Gasteiger partial charge in [0.05, 0.1) is 0 Å². The molecule has 0 radical (unpaired) electrons. The van der Waals surface area contributed by atoms with Crippen LogP contribution in [-0.2, 0) is 45.0 Å². The fourth-order valence-corrected chi connectivity index (χ4v) is 5.39. The predicted octanol–water partition coefficient (Wildman–Crippen LogP) is 15.3. The molecule has 0 aromatic heterocycles. The first-order chi connectivity index (χ1) is 26.7. The number of hydrogen-bond donors (Lipinski definition) is 2. The summed E-state index contributed by atoms with van der Waals surface area (Å²) in [6.45, 7) is 4.29. The molecule has 0 heterocycles. The van der Waals surface area contributed by atoms with Crippen molar-refractivity contribution in [2.45, 2.75) is 194 Å². The van der Waals surface area contributed by atoms with Crippen molar-refractivity contribution in [1.29, 1.82) is 0 Å². The summed E-state index contributed by atoms with van der Waals surface area (Å²) in [5, 5.41) is 16.5. The summed E-state index contributed by atoms with van der Waals surface area (Å²) >= 11 is -0.472. The van der Waals surface area contributed by atoms with Crippen LogP contribution in [0.25, 0.3) is 12.3 Å². The Morgan fingerprint density at radius 3 is 0.912 bits per heavy atom. The maximum Gasteiger partial charge on any atom is -0.693 e. The second kappa shape index (κ2) is 58.5. The topological polar surface area (TPSA) is 213 Å². The maximum atomic E-state index is 11.4. The van der Waals surface area contributed by atoms with Crippen molar-refractivity contribution >= 4 is 43.1 Å². The van der Waals surface area contributed by atoms with Crippen molar-refractivity contribution in [3.8, 4) is 0 Å². The third kappa shape index (κ3) is 69.1. The van der Waals surface area contributed by atoms with E-state index >= 15 is 0 Å². The van der Waals surface area contributed by atoms with Gasteiger partial charge in [0.1, 0.15) is 26.4 Å². The zero-order chi connectivity index (χ0) is 41.3. The molecule has 0 unspecified atom stereocenters. The molecule has 0 amide bonds. The van der Waals surface area contributed by atoms with Crippen LogP contribution in [0.4, 0.5) is 9.59 Å². The molecule has 0 aromatic rings. The molecule has 342 valence electrons. The Morgan fingerprint density at radius 1 is 0.421 bits per heavy atom. The van der Waals surface area contributed by atoms with Crippen LogP contribution in [0.1, 0.15) is 194 Å². The van der Waals surface area contributed by atoms with E-state index in [9.17, 15) is 19.2 Å². The Kier molecular flexibility index (Phi) is 66.0. The molecule has 57 heavy (non-hydrogen) atoms. The first kappa shape index (κ1) is 64.3. The number of esters is 2. The van der Waals surface area contributed by atoms with Gasteiger partial charge in [-0.05, 0) is 64.2 Å². The van der Waals surface area contributed by atoms with Gasteiger partial charge in [-0.1, -0.05) is 141 Å². The standard InChI is InChI=1S/2C21H38O5.2ClH.2H2N.Pt/c2*1-2-3-4-5-6-7-8-9-10-11-12-13-14-15-16-17-20(22)25-18-19-26-21(23)24;;;;;/h2*9-10H,2-8,11-19H2,1H3,(H,23,24);2*1H;2*1H2;/q;;;;2*-1;+4/p-2/b2*10-9-;;;;;. The molecule has 12 nitrogen and oxygen atoms in total. The average molecular weight is 1040 g/mol. The molecular weight excluding hydrogens is 958 g/mol. The Balaban J connectivity index is -0.000000286. The third-order valence-corrected chi connectivity index (χ3v) is 8.43. The first-order valence-corrected chi connectivity index (χ1v) is 26.5. The molecular formula is C42H80Cl2N2O10Pt. The SMILES string of the molecule is CCCCCCCC/C=C\CCCCCCCC(=O)OCCOC(=O)O.CCCCCCCC/C=C\CCCCCCCC(=O)OCCOC(=O)O.[Cl][Pt+2][Cl].[NH2-].[NH2-]. The minimum atomic E-state index is -1.35. The summed E-state index contributed by atoms with van der Waals surface area (Å²) in [5.41, 5.74) is 0. The molecule has 0 saturated carbocycles. The number of allylic oxidation sites excluding steroid dienone is 4. The number of nitrogens with two attached hydrogens (primary N) is 2. The number of halogens is 2. The molecule has 0 aliphatic carbocycles. The van der Waals surface area contributed by atoms with Gasteiger partial charge in [-0.25, -0.2) is 9.59 Å². The van der Waals surface area contributed by atoms with Crippen LogP contribution < -0.4 is 0 Å². The van der Waals surface area contributed by atoms with Gasteiger partial charge in [-0.2, -0.15) is 0 Å². The zero-order valence-corrected chi connectivity index (χ0v) is 39.1. The number of ether oxygens (including phenoxy) is 4. The first-order valence-electron chi connectivity index (χ1n) is 20.9. The zero-order valence-electron chi connectivity index (χ0n) is 35.3. The summed E-state index contributed by atoms with van der Waals surface area (Å²) < 4.78 is 18.3. The average Bonchev–Trinajstić information content (AvgIpc) is 3.15. The van der Waals surface area contributed by atoms with Crippen molar-refractivity contribution in [2.75, 3.05) is 26.4 Å². The van der Waals surface area contributed by atoms with E-state index in [0.29, 0.717) is 12.8 Å². The second-order valence-electron chi connectivity index (χ2n) is 13.4. The van der Waals surface area contributed by atoms with E-state index in [2.05, 4.69) is 47.6 Å². The van der Waals surface area contributed by atoms with Gasteiger partial charge in [0.2, 0.25) is 0 Å². The van der Waals surface area contributed by atoms with Crippen molar-refractivity contribution < 1.29 is 64.8 Å². The molecule has 6 N–H and O–H groups in total. The summed E-state index contributed by atoms with van der Waals surface area (Å²) in [5.74, 6) is -0.562.